The molecule has 0 spiro atoms. The van der Waals surface area contributed by atoms with Gasteiger partial charge in [0.15, 0.2) is 0 Å². The van der Waals surface area contributed by atoms with Crippen molar-refractivity contribution in [1.82, 2.24) is 0 Å². The molecule has 0 heterocycles. The fourth-order valence-electron chi connectivity index (χ4n) is 2.37. The van der Waals surface area contributed by atoms with Crippen LogP contribution in [0.2, 0.25) is 0 Å². The van der Waals surface area contributed by atoms with Gasteiger partial charge in [0.05, 0.1) is 13.2 Å². The Morgan fingerprint density at radius 2 is 1.95 bits per heavy atom. The Balaban J connectivity index is 2.24. The minimum atomic E-state index is 0.109. The highest BCUT2D eigenvalue weighted by Gasteiger charge is 2.12. The Morgan fingerprint density at radius 1 is 1.15 bits per heavy atom. The van der Waals surface area contributed by atoms with E-state index >= 15 is 0 Å². The van der Waals surface area contributed by atoms with Gasteiger partial charge >= 0.3 is 0 Å². The number of hydrogen-bond donors (Lipinski definition) is 2. The molecule has 0 amide bonds. The van der Waals surface area contributed by atoms with Gasteiger partial charge in [0.25, 0.3) is 0 Å². The maximum atomic E-state index is 5.95. The third kappa shape index (κ3) is 3.31. The second-order valence-electron chi connectivity index (χ2n) is 4.72. The van der Waals surface area contributed by atoms with Gasteiger partial charge in [-0.2, -0.15) is 0 Å². The summed E-state index contributed by atoms with van der Waals surface area (Å²) in [6, 6.07) is 16.5. The third-order valence-corrected chi connectivity index (χ3v) is 3.46. The number of nitrogens with one attached hydrogen (secondary N) is 1. The Labute approximate surface area is 120 Å². The van der Waals surface area contributed by atoms with Crippen LogP contribution in [0.4, 0.5) is 5.69 Å². The molecule has 3 N–H and O–H groups in total. The summed E-state index contributed by atoms with van der Waals surface area (Å²) in [6.45, 7) is 2.71. The predicted molar refractivity (Wildman–Crippen MR) is 84.2 cm³/mol. The lowest BCUT2D eigenvalue weighted by molar-refractivity contribution is 0.415. The molecular weight excluding hydrogens is 248 g/mol. The Morgan fingerprint density at radius 3 is 2.65 bits per heavy atom. The molecule has 0 bridgehead atoms. The summed E-state index contributed by atoms with van der Waals surface area (Å²) >= 11 is 0. The van der Waals surface area contributed by atoms with Gasteiger partial charge in [0.1, 0.15) is 5.75 Å². The summed E-state index contributed by atoms with van der Waals surface area (Å²) < 4.78 is 5.25. The number of nitrogens with two attached hydrogens (primary N) is 1. The van der Waals surface area contributed by atoms with Gasteiger partial charge in [-0.15, -0.1) is 0 Å². The van der Waals surface area contributed by atoms with E-state index in [4.69, 9.17) is 10.5 Å². The lowest BCUT2D eigenvalue weighted by Gasteiger charge is -2.21. The Bertz CT molecular complexity index is 554. The molecule has 0 radical (unpaired) electrons. The van der Waals surface area contributed by atoms with Gasteiger partial charge in [0.2, 0.25) is 0 Å². The first kappa shape index (κ1) is 14.4. The highest BCUT2D eigenvalue weighted by molar-refractivity contribution is 5.50. The molecule has 0 aliphatic carbocycles. The van der Waals surface area contributed by atoms with Gasteiger partial charge in [-0.25, -0.2) is 0 Å². The van der Waals surface area contributed by atoms with Gasteiger partial charge in [-0.1, -0.05) is 37.3 Å². The Kier molecular flexibility index (Phi) is 5.02. The molecule has 3 nitrogen and oxygen atoms in total. The van der Waals surface area contributed by atoms with Crippen molar-refractivity contribution < 1.29 is 4.74 Å². The SMILES string of the molecule is CCc1ccccc1C(CN)Nc1cccc(OC)c1. The van der Waals surface area contributed by atoms with E-state index in [1.807, 2.05) is 24.3 Å². The van der Waals surface area contributed by atoms with Gasteiger partial charge in [-0.3, -0.25) is 0 Å². The summed E-state index contributed by atoms with van der Waals surface area (Å²) in [4.78, 5) is 0. The molecule has 106 valence electrons. The highest BCUT2D eigenvalue weighted by Crippen LogP contribution is 2.24. The quantitative estimate of drug-likeness (QED) is 0.846. The van der Waals surface area contributed by atoms with Crippen LogP contribution in [0.25, 0.3) is 0 Å². The number of aryl methyl sites for hydroxylation is 1. The highest BCUT2D eigenvalue weighted by atomic mass is 16.5. The zero-order chi connectivity index (χ0) is 14.4. The molecule has 0 saturated heterocycles. The average molecular weight is 270 g/mol. The maximum Gasteiger partial charge on any atom is 0.120 e. The van der Waals surface area contributed by atoms with Crippen LogP contribution in [0.15, 0.2) is 48.5 Å². The molecule has 2 aromatic carbocycles. The first-order valence-electron chi connectivity index (χ1n) is 6.97. The smallest absolute Gasteiger partial charge is 0.120 e. The molecule has 1 atom stereocenters. The van der Waals surface area contributed by atoms with Crippen LogP contribution in [0.5, 0.6) is 5.75 Å². The molecule has 3 heteroatoms. The van der Waals surface area contributed by atoms with Crippen LogP contribution in [-0.4, -0.2) is 13.7 Å². The minimum Gasteiger partial charge on any atom is -0.497 e. The standard InChI is InChI=1S/C17H22N2O/c1-3-13-7-4-5-10-16(13)17(12-18)19-14-8-6-9-15(11-14)20-2/h4-11,17,19H,3,12,18H2,1-2H3. The molecule has 2 aromatic rings. The van der Waals surface area contributed by atoms with Crippen LogP contribution >= 0.6 is 0 Å². The number of methoxy groups -OCH3 is 1. The predicted octanol–water partition coefficient (Wildman–Crippen LogP) is 3.37. The number of hydrogen-bond acceptors (Lipinski definition) is 3. The number of rotatable bonds is 6. The molecule has 20 heavy (non-hydrogen) atoms. The zero-order valence-corrected chi connectivity index (χ0v) is 12.1. The maximum absolute atomic E-state index is 5.95. The van der Waals surface area contributed by atoms with Crippen molar-refractivity contribution in [3.8, 4) is 5.75 Å². The van der Waals surface area contributed by atoms with E-state index in [1.54, 1.807) is 7.11 Å². The van der Waals surface area contributed by atoms with Crippen LogP contribution in [-0.2, 0) is 6.42 Å². The summed E-state index contributed by atoms with van der Waals surface area (Å²) in [5.74, 6) is 0.842. The van der Waals surface area contributed by atoms with E-state index in [-0.39, 0.29) is 6.04 Å². The molecule has 0 fully saturated rings. The van der Waals surface area contributed by atoms with E-state index in [2.05, 4.69) is 36.5 Å². The van der Waals surface area contributed by atoms with E-state index < -0.39 is 0 Å². The lowest BCUT2D eigenvalue weighted by atomic mass is 9.98. The van der Waals surface area contributed by atoms with E-state index in [0.29, 0.717) is 6.54 Å². The summed E-state index contributed by atoms with van der Waals surface area (Å²) in [7, 11) is 1.67. The molecule has 0 aliphatic heterocycles. The zero-order valence-electron chi connectivity index (χ0n) is 12.1. The second kappa shape index (κ2) is 6.96. The third-order valence-electron chi connectivity index (χ3n) is 3.46. The van der Waals surface area contributed by atoms with Crippen molar-refractivity contribution in [2.45, 2.75) is 19.4 Å². The van der Waals surface area contributed by atoms with Crippen molar-refractivity contribution in [3.63, 3.8) is 0 Å². The largest absolute Gasteiger partial charge is 0.497 e. The average Bonchev–Trinajstić information content (AvgIpc) is 2.52. The molecular formula is C17H22N2O. The molecule has 0 aliphatic rings. The van der Waals surface area contributed by atoms with E-state index in [0.717, 1.165) is 17.9 Å². The Hall–Kier alpha value is -2.00. The number of ether oxygens (including phenoxy) is 1. The topological polar surface area (TPSA) is 47.3 Å². The first-order valence-corrected chi connectivity index (χ1v) is 6.97. The summed E-state index contributed by atoms with van der Waals surface area (Å²) in [6.07, 6.45) is 1.01. The number of anilines is 1. The van der Waals surface area contributed by atoms with Crippen molar-refractivity contribution in [2.24, 2.45) is 5.73 Å². The van der Waals surface area contributed by atoms with Crippen molar-refractivity contribution in [3.05, 3.63) is 59.7 Å². The van der Waals surface area contributed by atoms with Crippen LogP contribution < -0.4 is 15.8 Å². The van der Waals surface area contributed by atoms with Crippen molar-refractivity contribution in [2.75, 3.05) is 19.0 Å². The number of benzene rings is 2. The molecule has 0 aromatic heterocycles. The molecule has 1 unspecified atom stereocenters. The van der Waals surface area contributed by atoms with E-state index in [1.165, 1.54) is 11.1 Å². The molecule has 2 rings (SSSR count). The first-order chi connectivity index (χ1) is 9.78. The van der Waals surface area contributed by atoms with Crippen molar-refractivity contribution >= 4 is 5.69 Å². The van der Waals surface area contributed by atoms with Crippen LogP contribution in [0, 0.1) is 0 Å². The molecule has 0 saturated carbocycles. The van der Waals surface area contributed by atoms with Crippen LogP contribution in [0.1, 0.15) is 24.1 Å². The monoisotopic (exact) mass is 270 g/mol. The summed E-state index contributed by atoms with van der Waals surface area (Å²) in [5.41, 5.74) is 9.57. The normalized spacial score (nSPS) is 11.9. The fraction of sp³-hybridized carbons (Fsp3) is 0.294. The van der Waals surface area contributed by atoms with Gasteiger partial charge in [-0.05, 0) is 29.7 Å². The lowest BCUT2D eigenvalue weighted by Crippen LogP contribution is -2.21. The fourth-order valence-corrected chi connectivity index (χ4v) is 2.37. The van der Waals surface area contributed by atoms with Crippen molar-refractivity contribution in [1.29, 1.82) is 0 Å². The van der Waals surface area contributed by atoms with Gasteiger partial charge < -0.3 is 15.8 Å². The van der Waals surface area contributed by atoms with Crippen LogP contribution in [0.3, 0.4) is 0 Å². The summed E-state index contributed by atoms with van der Waals surface area (Å²) in [5, 5.41) is 3.49. The second-order valence-corrected chi connectivity index (χ2v) is 4.72. The van der Waals surface area contributed by atoms with Gasteiger partial charge in [0, 0.05) is 18.3 Å². The van der Waals surface area contributed by atoms with E-state index in [9.17, 15) is 0 Å². The minimum absolute atomic E-state index is 0.109.